The minimum absolute atomic E-state index is 0. The van der Waals surface area contributed by atoms with Crippen molar-refractivity contribution in [2.45, 2.75) is 31.7 Å². The van der Waals surface area contributed by atoms with Crippen molar-refractivity contribution in [3.63, 3.8) is 0 Å². The van der Waals surface area contributed by atoms with E-state index in [2.05, 4.69) is 4.99 Å². The minimum atomic E-state index is -1.72. The normalized spacial score (nSPS) is 20.3. The summed E-state index contributed by atoms with van der Waals surface area (Å²) < 4.78 is 5.28. The fourth-order valence-electron chi connectivity index (χ4n) is 4.47. The summed E-state index contributed by atoms with van der Waals surface area (Å²) in [6, 6.07) is 11.2. The Balaban J connectivity index is 0.00000274. The zero-order valence-electron chi connectivity index (χ0n) is 18.1. The van der Waals surface area contributed by atoms with E-state index in [9.17, 15) is 19.5 Å². The van der Waals surface area contributed by atoms with Crippen LogP contribution in [-0.4, -0.2) is 54.0 Å². The molecule has 5 rings (SSSR count). The highest BCUT2D eigenvalue weighted by molar-refractivity contribution is 6.03. The number of anilines is 2. The molecular weight excluding hydrogens is 462 g/mol. The maximum absolute atomic E-state index is 13.0. The molecular formula is C23H24ClN5O5. The number of ether oxygens (including phenoxy) is 1. The highest BCUT2D eigenvalue weighted by Gasteiger charge is 2.38. The van der Waals surface area contributed by atoms with Gasteiger partial charge in [-0.25, -0.2) is 0 Å². The molecule has 1 fully saturated rings. The summed E-state index contributed by atoms with van der Waals surface area (Å²) in [6.45, 7) is 1.33. The first-order valence-electron chi connectivity index (χ1n) is 10.6. The first-order chi connectivity index (χ1) is 15.8. The van der Waals surface area contributed by atoms with Gasteiger partial charge in [0.05, 0.1) is 26.1 Å². The van der Waals surface area contributed by atoms with Gasteiger partial charge in [0.1, 0.15) is 5.84 Å². The van der Waals surface area contributed by atoms with Gasteiger partial charge in [-0.15, -0.1) is 12.4 Å². The van der Waals surface area contributed by atoms with Crippen LogP contribution >= 0.6 is 12.4 Å². The number of hydrogen-bond donors (Lipinski definition) is 3. The Morgan fingerprint density at radius 2 is 1.79 bits per heavy atom. The topological polar surface area (TPSA) is 152 Å². The standard InChI is InChI=1S/C23H23N5O5.ClH/c24-21-17-4-3-16(8-14(17)10-26-21)28-11-12-1-2-15(7-13(12)9-18(28)29)27-5-6-33-20(23(27)32)19(30)22(25)31;/h1-4,7-8,19-20,30H,5-6,9-11H2,(H2,24,26)(H2,25,31);1H/t19-,20-;/m1./s1. The molecule has 34 heavy (non-hydrogen) atoms. The van der Waals surface area contributed by atoms with E-state index < -0.39 is 24.0 Å². The van der Waals surface area contributed by atoms with Crippen molar-refractivity contribution in [1.82, 2.24) is 0 Å². The molecule has 2 atom stereocenters. The molecule has 0 saturated carbocycles. The molecule has 2 aromatic rings. The van der Waals surface area contributed by atoms with Crippen LogP contribution in [0.1, 0.15) is 22.3 Å². The lowest BCUT2D eigenvalue weighted by Gasteiger charge is -2.35. The number of primary amides is 1. The molecule has 2 aromatic carbocycles. The van der Waals surface area contributed by atoms with Gasteiger partial charge in [0.25, 0.3) is 5.91 Å². The fraction of sp³-hybridized carbons (Fsp3) is 0.304. The van der Waals surface area contributed by atoms with Gasteiger partial charge in [-0.05, 0) is 47.0 Å². The Morgan fingerprint density at radius 1 is 1.09 bits per heavy atom. The van der Waals surface area contributed by atoms with E-state index in [1.165, 1.54) is 4.90 Å². The zero-order valence-corrected chi connectivity index (χ0v) is 19.0. The van der Waals surface area contributed by atoms with Gasteiger partial charge in [-0.2, -0.15) is 0 Å². The second-order valence-corrected chi connectivity index (χ2v) is 8.28. The molecule has 3 aliphatic heterocycles. The number of halogens is 1. The van der Waals surface area contributed by atoms with E-state index in [1.54, 1.807) is 17.0 Å². The molecule has 3 heterocycles. The zero-order chi connectivity index (χ0) is 23.3. The van der Waals surface area contributed by atoms with Gasteiger partial charge in [0.15, 0.2) is 12.2 Å². The second-order valence-electron chi connectivity index (χ2n) is 8.28. The molecule has 10 nitrogen and oxygen atoms in total. The van der Waals surface area contributed by atoms with Gasteiger partial charge < -0.3 is 31.1 Å². The number of morpholine rings is 1. The van der Waals surface area contributed by atoms with Gasteiger partial charge in [0, 0.05) is 23.5 Å². The number of nitrogens with zero attached hydrogens (tertiary/aromatic N) is 3. The Morgan fingerprint density at radius 3 is 2.56 bits per heavy atom. The van der Waals surface area contributed by atoms with Crippen LogP contribution in [0.3, 0.4) is 0 Å². The number of aliphatic imine (C=N–C) groups is 1. The number of amidine groups is 1. The number of carbonyl (C=O) groups is 3. The largest absolute Gasteiger partial charge is 0.383 e. The summed E-state index contributed by atoms with van der Waals surface area (Å²) in [7, 11) is 0. The summed E-state index contributed by atoms with van der Waals surface area (Å²) in [5.74, 6) is -1.10. The predicted molar refractivity (Wildman–Crippen MR) is 127 cm³/mol. The fourth-order valence-corrected chi connectivity index (χ4v) is 4.47. The lowest BCUT2D eigenvalue weighted by Crippen LogP contribution is -2.55. The SMILES string of the molecule is Cl.NC(=O)[C@H](O)[C@H]1OCCN(c2ccc3c(c2)CC(=O)N(c2ccc4c(c2)CN=C4N)C3)C1=O. The van der Waals surface area contributed by atoms with Crippen molar-refractivity contribution in [1.29, 1.82) is 0 Å². The molecule has 0 radical (unpaired) electrons. The lowest BCUT2D eigenvalue weighted by molar-refractivity contribution is -0.151. The average molecular weight is 486 g/mol. The van der Waals surface area contributed by atoms with Crippen LogP contribution in [-0.2, 0) is 38.6 Å². The Labute approximate surface area is 201 Å². The number of nitrogens with two attached hydrogens (primary N) is 2. The van der Waals surface area contributed by atoms with Crippen molar-refractivity contribution >= 4 is 47.3 Å². The molecule has 0 aromatic heterocycles. The van der Waals surface area contributed by atoms with Gasteiger partial charge in [-0.1, -0.05) is 6.07 Å². The second kappa shape index (κ2) is 9.05. The summed E-state index contributed by atoms with van der Waals surface area (Å²) in [5.41, 5.74) is 16.1. The van der Waals surface area contributed by atoms with Crippen molar-refractivity contribution in [2.75, 3.05) is 23.0 Å². The molecule has 178 valence electrons. The first-order valence-corrected chi connectivity index (χ1v) is 10.6. The van der Waals surface area contributed by atoms with Crippen molar-refractivity contribution in [3.8, 4) is 0 Å². The third-order valence-electron chi connectivity index (χ3n) is 6.27. The number of benzene rings is 2. The van der Waals surface area contributed by atoms with Crippen LogP contribution < -0.4 is 21.3 Å². The molecule has 1 saturated heterocycles. The quantitative estimate of drug-likeness (QED) is 0.554. The van der Waals surface area contributed by atoms with Crippen molar-refractivity contribution < 1.29 is 24.2 Å². The van der Waals surface area contributed by atoms with Crippen LogP contribution in [0.2, 0.25) is 0 Å². The van der Waals surface area contributed by atoms with Crippen molar-refractivity contribution in [3.05, 3.63) is 58.7 Å². The number of fused-ring (bicyclic) bond motifs is 2. The Hall–Kier alpha value is -3.47. The summed E-state index contributed by atoms with van der Waals surface area (Å²) in [4.78, 5) is 44.5. The molecule has 3 aliphatic rings. The minimum Gasteiger partial charge on any atom is -0.383 e. The van der Waals surface area contributed by atoms with E-state index in [0.29, 0.717) is 24.6 Å². The lowest BCUT2D eigenvalue weighted by atomic mass is 9.96. The molecule has 0 spiro atoms. The number of aliphatic hydroxyl groups excluding tert-OH is 1. The summed E-state index contributed by atoms with van der Waals surface area (Å²) >= 11 is 0. The Kier molecular flexibility index (Phi) is 6.30. The molecule has 3 amide bonds. The average Bonchev–Trinajstić information content (AvgIpc) is 3.18. The molecule has 11 heteroatoms. The predicted octanol–water partition coefficient (Wildman–Crippen LogP) is -0.00540. The first kappa shape index (κ1) is 23.7. The van der Waals surface area contributed by atoms with Crippen LogP contribution in [0.25, 0.3) is 0 Å². The highest BCUT2D eigenvalue weighted by Crippen LogP contribution is 2.31. The van der Waals surface area contributed by atoms with Crippen LogP contribution in [0.15, 0.2) is 41.4 Å². The van der Waals surface area contributed by atoms with E-state index in [0.717, 1.165) is 27.9 Å². The monoisotopic (exact) mass is 485 g/mol. The number of aliphatic hydroxyl groups is 1. The van der Waals surface area contributed by atoms with Gasteiger partial charge in [-0.3, -0.25) is 19.4 Å². The van der Waals surface area contributed by atoms with Crippen molar-refractivity contribution in [2.24, 2.45) is 16.5 Å². The van der Waals surface area contributed by atoms with Crippen LogP contribution in [0, 0.1) is 0 Å². The number of amides is 3. The van der Waals surface area contributed by atoms with Gasteiger partial charge >= 0.3 is 0 Å². The van der Waals surface area contributed by atoms with Crippen LogP contribution in [0.5, 0.6) is 0 Å². The smallest absolute Gasteiger partial charge is 0.259 e. The molecule has 0 aliphatic carbocycles. The third kappa shape index (κ3) is 4.00. The Bertz CT molecular complexity index is 1220. The van der Waals surface area contributed by atoms with Gasteiger partial charge in [0.2, 0.25) is 11.8 Å². The highest BCUT2D eigenvalue weighted by atomic mass is 35.5. The van der Waals surface area contributed by atoms with E-state index >= 15 is 0 Å². The molecule has 5 N–H and O–H groups in total. The third-order valence-corrected chi connectivity index (χ3v) is 6.27. The number of hydrogen-bond acceptors (Lipinski definition) is 7. The van der Waals surface area contributed by atoms with E-state index in [-0.39, 0.29) is 37.9 Å². The van der Waals surface area contributed by atoms with E-state index in [1.807, 2.05) is 24.3 Å². The number of rotatable bonds is 4. The van der Waals surface area contributed by atoms with E-state index in [4.69, 9.17) is 16.2 Å². The molecule has 0 bridgehead atoms. The maximum Gasteiger partial charge on any atom is 0.259 e. The molecule has 0 unspecified atom stereocenters. The number of carbonyl (C=O) groups excluding carboxylic acids is 3. The summed E-state index contributed by atoms with van der Waals surface area (Å²) in [5, 5.41) is 9.91. The van der Waals surface area contributed by atoms with Crippen LogP contribution in [0.4, 0.5) is 11.4 Å². The summed E-state index contributed by atoms with van der Waals surface area (Å²) in [6.07, 6.45) is -2.88. The maximum atomic E-state index is 13.0.